The van der Waals surface area contributed by atoms with Gasteiger partial charge >= 0.3 is 0 Å². The predicted octanol–water partition coefficient (Wildman–Crippen LogP) is 4.46. The molecule has 1 fully saturated rings. The number of nitrogens with two attached hydrogens (primary N) is 1. The number of hydrogen-bond donors (Lipinski definition) is 2. The highest BCUT2D eigenvalue weighted by atomic mass is 35.5. The zero-order valence-corrected chi connectivity index (χ0v) is 20.6. The molecule has 188 valence electrons. The minimum absolute atomic E-state index is 0. The number of carbonyl (C=O) groups excluding carboxylic acids is 1. The summed E-state index contributed by atoms with van der Waals surface area (Å²) in [6.07, 6.45) is 4.18. The Bertz CT molecular complexity index is 1140. The van der Waals surface area contributed by atoms with Crippen LogP contribution < -0.4 is 15.4 Å². The molecule has 2 unspecified atom stereocenters. The Morgan fingerprint density at radius 3 is 2.66 bits per heavy atom. The van der Waals surface area contributed by atoms with Crippen molar-refractivity contribution in [2.75, 3.05) is 24.5 Å². The largest absolute Gasteiger partial charge is 0.468 e. The molecule has 1 amide bonds. The number of nitrogens with one attached hydrogen (secondary N) is 1. The predicted molar refractivity (Wildman–Crippen MR) is 139 cm³/mol. The van der Waals surface area contributed by atoms with Crippen molar-refractivity contribution in [2.24, 2.45) is 5.73 Å². The van der Waals surface area contributed by atoms with E-state index in [-0.39, 0.29) is 30.0 Å². The number of rotatable bonds is 9. The summed E-state index contributed by atoms with van der Waals surface area (Å²) in [7, 11) is 0. The number of aromatic amines is 1. The standard InChI is InChI=1S/C25H31N5O4.ClH/c1-2-3-4-24(31)29-16-15-28(19-5-7-20(8-6-19)30(32)33)23(11-13-26)25(29)34-21-9-10-22-18(17-21)12-14-27-22;/h5-10,12,14,17,23,25,27H,2-4,11,13,15-16,26H2,1H3;1H. The van der Waals surface area contributed by atoms with Gasteiger partial charge in [0.1, 0.15) is 5.75 Å². The van der Waals surface area contributed by atoms with Crippen LogP contribution in [-0.2, 0) is 4.79 Å². The van der Waals surface area contributed by atoms with Crippen LogP contribution in [0.2, 0.25) is 0 Å². The van der Waals surface area contributed by atoms with Crippen molar-refractivity contribution >= 4 is 40.6 Å². The number of H-pyrrole nitrogens is 1. The molecule has 1 aliphatic rings. The SMILES string of the molecule is CCCCC(=O)N1CCN(c2ccc([N+](=O)[O-])cc2)C(CCN)C1Oc1ccc2[nH]ccc2c1.Cl. The lowest BCUT2D eigenvalue weighted by Gasteiger charge is -2.48. The fraction of sp³-hybridized carbons (Fsp3) is 0.400. The molecule has 0 saturated carbocycles. The molecule has 3 aromatic rings. The number of nitro benzene ring substituents is 1. The molecule has 0 spiro atoms. The number of non-ortho nitro benzene ring substituents is 1. The molecule has 1 aromatic heterocycles. The highest BCUT2D eigenvalue weighted by molar-refractivity contribution is 5.85. The third kappa shape index (κ3) is 5.86. The van der Waals surface area contributed by atoms with Gasteiger partial charge in [-0.3, -0.25) is 14.9 Å². The Kier molecular flexibility index (Phi) is 8.95. The van der Waals surface area contributed by atoms with Crippen molar-refractivity contribution < 1.29 is 14.5 Å². The van der Waals surface area contributed by atoms with E-state index in [0.717, 1.165) is 29.4 Å². The van der Waals surface area contributed by atoms with Gasteiger partial charge in [0.15, 0.2) is 6.23 Å². The van der Waals surface area contributed by atoms with Crippen LogP contribution in [0.25, 0.3) is 10.9 Å². The first-order chi connectivity index (χ1) is 16.5. The van der Waals surface area contributed by atoms with Crippen molar-refractivity contribution in [3.63, 3.8) is 0 Å². The second kappa shape index (κ2) is 11.9. The molecule has 3 N–H and O–H groups in total. The van der Waals surface area contributed by atoms with Crippen LogP contribution in [0.5, 0.6) is 5.75 Å². The van der Waals surface area contributed by atoms with Crippen LogP contribution in [-0.4, -0.2) is 52.6 Å². The van der Waals surface area contributed by atoms with Gasteiger partial charge in [-0.1, -0.05) is 13.3 Å². The van der Waals surface area contributed by atoms with E-state index in [1.807, 2.05) is 35.4 Å². The third-order valence-corrected chi connectivity index (χ3v) is 6.32. The number of hydrogen-bond acceptors (Lipinski definition) is 6. The fourth-order valence-electron chi connectivity index (χ4n) is 4.55. The molecule has 35 heavy (non-hydrogen) atoms. The summed E-state index contributed by atoms with van der Waals surface area (Å²) in [6, 6.07) is 14.1. The van der Waals surface area contributed by atoms with Gasteiger partial charge in [-0.25, -0.2) is 0 Å². The maximum atomic E-state index is 13.2. The molecule has 0 aliphatic carbocycles. The smallest absolute Gasteiger partial charge is 0.269 e. The first-order valence-corrected chi connectivity index (χ1v) is 11.8. The number of carbonyl (C=O) groups is 1. The summed E-state index contributed by atoms with van der Waals surface area (Å²) < 4.78 is 6.51. The Morgan fingerprint density at radius 1 is 1.20 bits per heavy atom. The van der Waals surface area contributed by atoms with Crippen LogP contribution >= 0.6 is 12.4 Å². The lowest BCUT2D eigenvalue weighted by atomic mass is 10.0. The molecule has 2 heterocycles. The Labute approximate surface area is 210 Å². The summed E-state index contributed by atoms with van der Waals surface area (Å²) in [5.74, 6) is 0.748. The molecule has 1 aliphatic heterocycles. The van der Waals surface area contributed by atoms with Crippen molar-refractivity contribution in [1.29, 1.82) is 0 Å². The van der Waals surface area contributed by atoms with E-state index in [9.17, 15) is 14.9 Å². The monoisotopic (exact) mass is 501 g/mol. The average Bonchev–Trinajstić information content (AvgIpc) is 3.31. The Morgan fingerprint density at radius 2 is 1.97 bits per heavy atom. The summed E-state index contributed by atoms with van der Waals surface area (Å²) >= 11 is 0. The van der Waals surface area contributed by atoms with Gasteiger partial charge < -0.3 is 25.3 Å². The van der Waals surface area contributed by atoms with Gasteiger partial charge in [0.25, 0.3) is 5.69 Å². The average molecular weight is 502 g/mol. The Balaban J connectivity index is 0.00000342. The molecule has 0 bridgehead atoms. The van der Waals surface area contributed by atoms with E-state index in [2.05, 4.69) is 16.8 Å². The van der Waals surface area contributed by atoms with E-state index in [0.29, 0.717) is 38.2 Å². The highest BCUT2D eigenvalue weighted by Gasteiger charge is 2.40. The second-order valence-electron chi connectivity index (χ2n) is 8.54. The number of unbranched alkanes of at least 4 members (excludes halogenated alkanes) is 1. The molecule has 10 heteroatoms. The first-order valence-electron chi connectivity index (χ1n) is 11.8. The van der Waals surface area contributed by atoms with Crippen LogP contribution in [0, 0.1) is 10.1 Å². The third-order valence-electron chi connectivity index (χ3n) is 6.32. The van der Waals surface area contributed by atoms with Gasteiger partial charge in [-0.2, -0.15) is 0 Å². The second-order valence-corrected chi connectivity index (χ2v) is 8.54. The number of ether oxygens (including phenoxy) is 1. The number of anilines is 1. The van der Waals surface area contributed by atoms with Crippen molar-refractivity contribution in [2.45, 2.75) is 44.9 Å². The quantitative estimate of drug-likeness (QED) is 0.330. The number of fused-ring (bicyclic) bond motifs is 1. The normalized spacial score (nSPS) is 17.8. The lowest BCUT2D eigenvalue weighted by molar-refractivity contribution is -0.384. The zero-order valence-electron chi connectivity index (χ0n) is 19.8. The van der Waals surface area contributed by atoms with Gasteiger partial charge in [-0.15, -0.1) is 12.4 Å². The topological polar surface area (TPSA) is 118 Å². The van der Waals surface area contributed by atoms with E-state index >= 15 is 0 Å². The molecule has 9 nitrogen and oxygen atoms in total. The number of nitrogens with zero attached hydrogens (tertiary/aromatic N) is 3. The minimum atomic E-state index is -0.534. The number of aromatic nitrogens is 1. The summed E-state index contributed by atoms with van der Waals surface area (Å²) in [5.41, 5.74) is 7.90. The van der Waals surface area contributed by atoms with Crippen molar-refractivity contribution in [3.05, 3.63) is 64.8 Å². The van der Waals surface area contributed by atoms with Crippen molar-refractivity contribution in [1.82, 2.24) is 9.88 Å². The van der Waals surface area contributed by atoms with Crippen LogP contribution in [0.3, 0.4) is 0 Å². The van der Waals surface area contributed by atoms with E-state index < -0.39 is 11.2 Å². The zero-order chi connectivity index (χ0) is 24.1. The summed E-state index contributed by atoms with van der Waals surface area (Å²) in [6.45, 7) is 3.58. The molecular formula is C25H32ClN5O4. The molecule has 2 atom stereocenters. The van der Waals surface area contributed by atoms with Crippen LogP contribution in [0.1, 0.15) is 32.6 Å². The van der Waals surface area contributed by atoms with E-state index in [1.165, 1.54) is 12.1 Å². The Hall–Kier alpha value is -3.30. The van der Waals surface area contributed by atoms with Crippen molar-refractivity contribution in [3.8, 4) is 5.75 Å². The van der Waals surface area contributed by atoms with Gasteiger partial charge in [0, 0.05) is 54.4 Å². The lowest BCUT2D eigenvalue weighted by Crippen LogP contribution is -2.63. The first kappa shape index (κ1) is 26.3. The van der Waals surface area contributed by atoms with E-state index in [4.69, 9.17) is 10.5 Å². The van der Waals surface area contributed by atoms with Crippen LogP contribution in [0.15, 0.2) is 54.7 Å². The number of amides is 1. The molecule has 1 saturated heterocycles. The van der Waals surface area contributed by atoms with Gasteiger partial charge in [0.05, 0.1) is 11.0 Å². The maximum absolute atomic E-state index is 13.2. The van der Waals surface area contributed by atoms with Gasteiger partial charge in [0.2, 0.25) is 5.91 Å². The maximum Gasteiger partial charge on any atom is 0.269 e. The molecule has 2 aromatic carbocycles. The highest BCUT2D eigenvalue weighted by Crippen LogP contribution is 2.31. The summed E-state index contributed by atoms with van der Waals surface area (Å²) in [5, 5.41) is 12.1. The molecular weight excluding hydrogens is 470 g/mol. The van der Waals surface area contributed by atoms with E-state index in [1.54, 1.807) is 12.1 Å². The number of benzene rings is 2. The minimum Gasteiger partial charge on any atom is -0.468 e. The number of piperazine rings is 1. The summed E-state index contributed by atoms with van der Waals surface area (Å²) in [4.78, 5) is 31.0. The fourth-order valence-corrected chi connectivity index (χ4v) is 4.55. The van der Waals surface area contributed by atoms with Gasteiger partial charge in [-0.05, 0) is 55.8 Å². The number of halogens is 1. The molecule has 4 rings (SSSR count). The number of nitro groups is 1. The van der Waals surface area contributed by atoms with Crippen LogP contribution in [0.4, 0.5) is 11.4 Å². The molecule has 0 radical (unpaired) electrons.